The molecule has 30 heavy (non-hydrogen) atoms. The standard InChI is InChI=1S/C19H24ClN3O5S2/c1-13(2)18(23-30(27,28)17-9-7-16(20)8-10-17)19(24)22-11-14-3-5-15(6-4-14)12-29(21,25)26/h3-10,13,18,23H,11-12H2,1-2H3,(H,22,24)(H2,21,25,26). The SMILES string of the molecule is CC(C)C(NS(=O)(=O)c1ccc(Cl)cc1)C(=O)NCc1ccc(CS(N)(=O)=O)cc1. The Morgan fingerprint density at radius 2 is 1.50 bits per heavy atom. The Kier molecular flexibility index (Phi) is 8.00. The van der Waals surface area contributed by atoms with Crippen LogP contribution in [0.5, 0.6) is 0 Å². The number of primary sulfonamides is 1. The number of hydrogen-bond acceptors (Lipinski definition) is 5. The van der Waals surface area contributed by atoms with Gasteiger partial charge in [-0.25, -0.2) is 22.0 Å². The predicted molar refractivity (Wildman–Crippen MR) is 115 cm³/mol. The predicted octanol–water partition coefficient (Wildman–Crippen LogP) is 1.75. The summed E-state index contributed by atoms with van der Waals surface area (Å²) in [6, 6.07) is 11.2. The van der Waals surface area contributed by atoms with Gasteiger partial charge in [0.15, 0.2) is 0 Å². The van der Waals surface area contributed by atoms with Crippen LogP contribution >= 0.6 is 11.6 Å². The maximum Gasteiger partial charge on any atom is 0.241 e. The number of nitrogens with two attached hydrogens (primary N) is 1. The van der Waals surface area contributed by atoms with E-state index < -0.39 is 32.0 Å². The first-order valence-corrected chi connectivity index (χ1v) is 12.6. The van der Waals surface area contributed by atoms with E-state index in [1.807, 2.05) is 0 Å². The Morgan fingerprint density at radius 3 is 2.00 bits per heavy atom. The second-order valence-corrected chi connectivity index (χ2v) is 10.9. The number of rotatable bonds is 9. The third kappa shape index (κ3) is 7.37. The topological polar surface area (TPSA) is 135 Å². The Morgan fingerprint density at radius 1 is 0.967 bits per heavy atom. The van der Waals surface area contributed by atoms with E-state index in [4.69, 9.17) is 16.7 Å². The smallest absolute Gasteiger partial charge is 0.241 e. The third-order valence-electron chi connectivity index (χ3n) is 4.21. The van der Waals surface area contributed by atoms with Crippen molar-refractivity contribution in [1.29, 1.82) is 0 Å². The molecule has 0 aliphatic heterocycles. The molecule has 2 aromatic carbocycles. The molecular weight excluding hydrogens is 450 g/mol. The first kappa shape index (κ1) is 24.3. The summed E-state index contributed by atoms with van der Waals surface area (Å²) in [6.45, 7) is 3.62. The zero-order chi connectivity index (χ0) is 22.5. The fourth-order valence-electron chi connectivity index (χ4n) is 2.63. The van der Waals surface area contributed by atoms with E-state index in [0.717, 1.165) is 5.56 Å². The molecule has 8 nitrogen and oxygen atoms in total. The molecule has 0 bridgehead atoms. The van der Waals surface area contributed by atoms with Crippen LogP contribution in [0.15, 0.2) is 53.4 Å². The first-order chi connectivity index (χ1) is 13.9. The Balaban J connectivity index is 2.04. The normalized spacial score (nSPS) is 13.2. The van der Waals surface area contributed by atoms with Gasteiger partial charge in [-0.2, -0.15) is 4.72 Å². The molecule has 2 rings (SSSR count). The average molecular weight is 474 g/mol. The lowest BCUT2D eigenvalue weighted by molar-refractivity contribution is -0.123. The zero-order valence-corrected chi connectivity index (χ0v) is 18.9. The second kappa shape index (κ2) is 9.88. The Hall–Kier alpha value is -1.98. The molecule has 0 saturated carbocycles. The summed E-state index contributed by atoms with van der Waals surface area (Å²) < 4.78 is 49.9. The molecule has 0 radical (unpaired) electrons. The average Bonchev–Trinajstić information content (AvgIpc) is 2.64. The van der Waals surface area contributed by atoms with Crippen LogP contribution in [0.2, 0.25) is 5.02 Å². The molecule has 0 saturated heterocycles. The van der Waals surface area contributed by atoms with E-state index in [1.54, 1.807) is 38.1 Å². The minimum Gasteiger partial charge on any atom is -0.351 e. The summed E-state index contributed by atoms with van der Waals surface area (Å²) in [7, 11) is -7.53. The van der Waals surface area contributed by atoms with Crippen molar-refractivity contribution in [3.8, 4) is 0 Å². The largest absolute Gasteiger partial charge is 0.351 e. The molecule has 0 heterocycles. The number of sulfonamides is 2. The zero-order valence-electron chi connectivity index (χ0n) is 16.5. The van der Waals surface area contributed by atoms with E-state index in [0.29, 0.717) is 10.6 Å². The van der Waals surface area contributed by atoms with Crippen LogP contribution in [-0.4, -0.2) is 28.8 Å². The lowest BCUT2D eigenvalue weighted by Crippen LogP contribution is -2.49. The van der Waals surface area contributed by atoms with Gasteiger partial charge in [-0.1, -0.05) is 49.7 Å². The summed E-state index contributed by atoms with van der Waals surface area (Å²) in [5.74, 6) is -1.05. The van der Waals surface area contributed by atoms with Gasteiger partial charge in [0.25, 0.3) is 0 Å². The van der Waals surface area contributed by atoms with Crippen molar-refractivity contribution in [3.05, 3.63) is 64.7 Å². The lowest BCUT2D eigenvalue weighted by atomic mass is 10.0. The quantitative estimate of drug-likeness (QED) is 0.509. The van der Waals surface area contributed by atoms with Crippen molar-refractivity contribution in [2.45, 2.75) is 37.1 Å². The summed E-state index contributed by atoms with van der Waals surface area (Å²) in [6.07, 6.45) is 0. The van der Waals surface area contributed by atoms with Gasteiger partial charge >= 0.3 is 0 Å². The molecule has 0 fully saturated rings. The molecule has 164 valence electrons. The Bertz CT molecular complexity index is 1080. The molecule has 1 amide bonds. The molecule has 0 aromatic heterocycles. The van der Waals surface area contributed by atoms with Gasteiger partial charge in [0.05, 0.1) is 10.6 Å². The minimum absolute atomic E-state index is 0.01000. The van der Waals surface area contributed by atoms with Gasteiger partial charge in [-0.3, -0.25) is 4.79 Å². The van der Waals surface area contributed by atoms with Gasteiger partial charge < -0.3 is 5.32 Å². The van der Waals surface area contributed by atoms with Crippen LogP contribution < -0.4 is 15.2 Å². The van der Waals surface area contributed by atoms with Gasteiger partial charge in [0, 0.05) is 11.6 Å². The van der Waals surface area contributed by atoms with E-state index in [9.17, 15) is 21.6 Å². The number of halogens is 1. The van der Waals surface area contributed by atoms with Crippen LogP contribution in [0, 0.1) is 5.92 Å². The van der Waals surface area contributed by atoms with E-state index in [-0.39, 0.29) is 23.1 Å². The van der Waals surface area contributed by atoms with Crippen LogP contribution in [-0.2, 0) is 37.1 Å². The van der Waals surface area contributed by atoms with Crippen molar-refractivity contribution in [3.63, 3.8) is 0 Å². The molecule has 2 aromatic rings. The maximum absolute atomic E-state index is 12.6. The highest BCUT2D eigenvalue weighted by molar-refractivity contribution is 7.89. The molecular formula is C19H24ClN3O5S2. The van der Waals surface area contributed by atoms with E-state index >= 15 is 0 Å². The summed E-state index contributed by atoms with van der Waals surface area (Å²) >= 11 is 5.79. The van der Waals surface area contributed by atoms with Gasteiger partial charge in [0.1, 0.15) is 6.04 Å². The third-order valence-corrected chi connectivity index (χ3v) is 6.66. The van der Waals surface area contributed by atoms with Gasteiger partial charge in [0.2, 0.25) is 26.0 Å². The monoisotopic (exact) mass is 473 g/mol. The lowest BCUT2D eigenvalue weighted by Gasteiger charge is -2.21. The number of nitrogens with one attached hydrogen (secondary N) is 2. The van der Waals surface area contributed by atoms with E-state index in [2.05, 4.69) is 10.0 Å². The second-order valence-electron chi connectivity index (χ2n) is 7.14. The number of carbonyl (C=O) groups excluding carboxylic acids is 1. The van der Waals surface area contributed by atoms with Crippen LogP contribution in [0.25, 0.3) is 0 Å². The molecule has 1 atom stereocenters. The van der Waals surface area contributed by atoms with Crippen molar-refractivity contribution < 1.29 is 21.6 Å². The molecule has 0 aliphatic rings. The van der Waals surface area contributed by atoms with Crippen molar-refractivity contribution in [2.75, 3.05) is 0 Å². The van der Waals surface area contributed by atoms with E-state index in [1.165, 1.54) is 24.3 Å². The minimum atomic E-state index is -3.91. The summed E-state index contributed by atoms with van der Waals surface area (Å²) in [5, 5.41) is 8.12. The Labute approximate surface area is 181 Å². The van der Waals surface area contributed by atoms with Crippen molar-refractivity contribution in [1.82, 2.24) is 10.0 Å². The van der Waals surface area contributed by atoms with Gasteiger partial charge in [-0.15, -0.1) is 0 Å². The van der Waals surface area contributed by atoms with Crippen molar-refractivity contribution >= 4 is 37.6 Å². The fourth-order valence-corrected chi connectivity index (χ4v) is 4.75. The first-order valence-electron chi connectivity index (χ1n) is 9.01. The van der Waals surface area contributed by atoms with Crippen LogP contribution in [0.4, 0.5) is 0 Å². The van der Waals surface area contributed by atoms with Crippen LogP contribution in [0.3, 0.4) is 0 Å². The highest BCUT2D eigenvalue weighted by Crippen LogP contribution is 2.16. The maximum atomic E-state index is 12.6. The number of carbonyl (C=O) groups is 1. The fraction of sp³-hybridized carbons (Fsp3) is 0.316. The molecule has 0 aliphatic carbocycles. The number of hydrogen-bond donors (Lipinski definition) is 3. The van der Waals surface area contributed by atoms with Gasteiger partial charge in [-0.05, 0) is 41.3 Å². The molecule has 1 unspecified atom stereocenters. The molecule has 4 N–H and O–H groups in total. The summed E-state index contributed by atoms with van der Waals surface area (Å²) in [5.41, 5.74) is 1.26. The highest BCUT2D eigenvalue weighted by atomic mass is 35.5. The van der Waals surface area contributed by atoms with Crippen molar-refractivity contribution in [2.24, 2.45) is 11.1 Å². The van der Waals surface area contributed by atoms with Crippen LogP contribution in [0.1, 0.15) is 25.0 Å². The molecule has 0 spiro atoms. The molecule has 11 heteroatoms. The number of benzene rings is 2. The summed E-state index contributed by atoms with van der Waals surface area (Å²) in [4.78, 5) is 12.6. The number of amides is 1. The highest BCUT2D eigenvalue weighted by Gasteiger charge is 2.28.